The minimum Gasteiger partial charge on any atom is -0.496 e. The predicted molar refractivity (Wildman–Crippen MR) is 129 cm³/mol. The molecule has 1 aromatic carbocycles. The van der Waals surface area contributed by atoms with Crippen LogP contribution in [0.25, 0.3) is 0 Å². The van der Waals surface area contributed by atoms with E-state index in [1.54, 1.807) is 24.3 Å². The van der Waals surface area contributed by atoms with Gasteiger partial charge in [0.15, 0.2) is 11.6 Å². The molecule has 8 nitrogen and oxygen atoms in total. The Morgan fingerprint density at radius 1 is 1.27 bits per heavy atom. The highest BCUT2D eigenvalue weighted by atomic mass is 32.1. The number of rotatable bonds is 8. The van der Waals surface area contributed by atoms with Crippen molar-refractivity contribution < 1.29 is 14.3 Å². The van der Waals surface area contributed by atoms with Crippen molar-refractivity contribution in [1.29, 1.82) is 0 Å². The van der Waals surface area contributed by atoms with E-state index in [2.05, 4.69) is 15.1 Å². The lowest BCUT2D eigenvalue weighted by Crippen LogP contribution is -2.31. The van der Waals surface area contributed by atoms with Gasteiger partial charge in [-0.05, 0) is 24.6 Å². The van der Waals surface area contributed by atoms with Crippen molar-refractivity contribution in [2.45, 2.75) is 19.4 Å². The lowest BCUT2D eigenvalue weighted by Gasteiger charge is -2.19. The number of pyridine rings is 1. The second-order valence-electron chi connectivity index (χ2n) is 7.61. The zero-order valence-corrected chi connectivity index (χ0v) is 19.4. The smallest absolute Gasteiger partial charge is 0.217 e. The molecule has 4 rings (SSSR count). The molecule has 3 heterocycles. The minimum atomic E-state index is -0.105. The van der Waals surface area contributed by atoms with E-state index in [0.717, 1.165) is 16.3 Å². The third-order valence-electron chi connectivity index (χ3n) is 5.35. The molecule has 1 aliphatic rings. The highest BCUT2D eigenvalue weighted by Gasteiger charge is 2.25. The van der Waals surface area contributed by atoms with Crippen molar-refractivity contribution in [2.75, 3.05) is 25.7 Å². The quantitative estimate of drug-likeness (QED) is 0.284. The summed E-state index contributed by atoms with van der Waals surface area (Å²) in [6.45, 7) is 0.912. The summed E-state index contributed by atoms with van der Waals surface area (Å²) in [6, 6.07) is 11.4. The zero-order chi connectivity index (χ0) is 23.2. The van der Waals surface area contributed by atoms with Gasteiger partial charge in [-0.3, -0.25) is 4.79 Å². The number of hydrogen-bond donors (Lipinski definition) is 0. The topological polar surface area (TPSA) is 82.4 Å². The van der Waals surface area contributed by atoms with Crippen LogP contribution in [0.3, 0.4) is 0 Å². The average Bonchev–Trinajstić information content (AvgIpc) is 3.27. The van der Waals surface area contributed by atoms with E-state index in [9.17, 15) is 4.79 Å². The number of aromatic nitrogens is 4. The van der Waals surface area contributed by atoms with E-state index < -0.39 is 0 Å². The number of anilines is 1. The fraction of sp³-hybridized carbons (Fsp3) is 0.292. The van der Waals surface area contributed by atoms with Crippen molar-refractivity contribution in [1.82, 2.24) is 19.7 Å². The van der Waals surface area contributed by atoms with Crippen LogP contribution in [-0.2, 0) is 6.54 Å². The number of para-hydroxylation sites is 1. The Bertz CT molecular complexity index is 1180. The number of benzene rings is 1. The van der Waals surface area contributed by atoms with E-state index in [-0.39, 0.29) is 17.5 Å². The number of ketones is 1. The first kappa shape index (κ1) is 22.6. The van der Waals surface area contributed by atoms with E-state index in [4.69, 9.17) is 21.7 Å². The Labute approximate surface area is 197 Å². The van der Waals surface area contributed by atoms with E-state index in [0.29, 0.717) is 37.6 Å². The van der Waals surface area contributed by atoms with Crippen LogP contribution in [0.15, 0.2) is 61.1 Å². The second kappa shape index (κ2) is 10.4. The number of Topliss-reactive ketones (excluding diaryl/α,β-unsaturated/α-hetero) is 1. The summed E-state index contributed by atoms with van der Waals surface area (Å²) < 4.78 is 12.9. The first-order valence-corrected chi connectivity index (χ1v) is 11.0. The molecule has 2 aromatic heterocycles. The molecule has 0 saturated carbocycles. The molecule has 0 saturated heterocycles. The van der Waals surface area contributed by atoms with Crippen LogP contribution >= 0.6 is 12.2 Å². The van der Waals surface area contributed by atoms with Gasteiger partial charge in [0.25, 0.3) is 0 Å². The Kier molecular flexibility index (Phi) is 7.09. The Morgan fingerprint density at radius 3 is 2.97 bits per heavy atom. The highest BCUT2D eigenvalue weighted by Crippen LogP contribution is 2.30. The van der Waals surface area contributed by atoms with Gasteiger partial charge in [-0.15, -0.1) is 5.10 Å². The molecule has 170 valence electrons. The van der Waals surface area contributed by atoms with Crippen molar-refractivity contribution in [3.05, 3.63) is 72.5 Å². The maximum absolute atomic E-state index is 12.5. The van der Waals surface area contributed by atoms with Gasteiger partial charge in [0.2, 0.25) is 11.6 Å². The molecular formula is C24H25N5O3S. The van der Waals surface area contributed by atoms with Gasteiger partial charge >= 0.3 is 0 Å². The van der Waals surface area contributed by atoms with Crippen molar-refractivity contribution in [2.24, 2.45) is 5.92 Å². The molecule has 9 heteroatoms. The highest BCUT2D eigenvalue weighted by molar-refractivity contribution is 7.80. The lowest BCUT2D eigenvalue weighted by atomic mass is 10.1. The molecule has 0 aliphatic carbocycles. The van der Waals surface area contributed by atoms with Crippen LogP contribution in [-0.4, -0.2) is 51.3 Å². The van der Waals surface area contributed by atoms with E-state index >= 15 is 0 Å². The number of nitrogens with zero attached hydrogens (tertiary/aromatic N) is 5. The molecule has 33 heavy (non-hydrogen) atoms. The Hall–Kier alpha value is -3.59. The molecule has 0 bridgehead atoms. The molecular weight excluding hydrogens is 438 g/mol. The maximum Gasteiger partial charge on any atom is 0.217 e. The lowest BCUT2D eigenvalue weighted by molar-refractivity contribution is 0.0973. The fourth-order valence-corrected chi connectivity index (χ4v) is 3.82. The summed E-state index contributed by atoms with van der Waals surface area (Å²) in [7, 11) is 3.52. The maximum atomic E-state index is 12.5. The van der Waals surface area contributed by atoms with Gasteiger partial charge in [-0.1, -0.05) is 42.6 Å². The molecule has 0 unspecified atom stereocenters. The van der Waals surface area contributed by atoms with Gasteiger partial charge in [0.05, 0.1) is 24.6 Å². The Morgan fingerprint density at radius 2 is 2.12 bits per heavy atom. The molecule has 3 aromatic rings. The number of fused-ring (bicyclic) bond motifs is 1. The zero-order valence-electron chi connectivity index (χ0n) is 18.5. The summed E-state index contributed by atoms with van der Waals surface area (Å²) in [4.78, 5) is 23.7. The summed E-state index contributed by atoms with van der Waals surface area (Å²) >= 11 is 5.62. The second-order valence-corrected chi connectivity index (χ2v) is 8.03. The number of ether oxygens (including phenoxy) is 2. The SMILES string of the molecule is COc1ccccc1Cn1cnc(C(=O)CC/C=C/[C@H]2COc3cccnc3N(C)C2=S)n1. The monoisotopic (exact) mass is 463 g/mol. The Balaban J connectivity index is 1.31. The normalized spacial score (nSPS) is 15.8. The largest absolute Gasteiger partial charge is 0.496 e. The molecule has 0 fully saturated rings. The number of allylic oxidation sites excluding steroid dienone is 1. The number of hydrogen-bond acceptors (Lipinski definition) is 7. The minimum absolute atomic E-state index is 0.0764. The molecule has 0 radical (unpaired) electrons. The molecule has 0 N–H and O–H groups in total. The standard InChI is InChI=1S/C24H25N5O3S/c1-28-23-21(12-7-13-25-23)32-15-18(24(28)33)9-3-5-10-19(30)22-26-16-29(27-22)14-17-8-4-6-11-20(17)31-2/h3-4,6-9,11-13,16,18H,5,10,14-15H2,1-2H3/b9-3+/t18-/m0/s1. The predicted octanol–water partition coefficient (Wildman–Crippen LogP) is 3.72. The molecule has 1 atom stereocenters. The van der Waals surface area contributed by atoms with Crippen LogP contribution in [0.5, 0.6) is 11.5 Å². The number of carbonyl (C=O) groups is 1. The number of carbonyl (C=O) groups excluding carboxylic acids is 1. The average molecular weight is 464 g/mol. The summed E-state index contributed by atoms with van der Waals surface area (Å²) in [6.07, 6.45) is 8.11. The van der Waals surface area contributed by atoms with Crippen molar-refractivity contribution >= 4 is 28.8 Å². The summed E-state index contributed by atoms with van der Waals surface area (Å²) in [5.41, 5.74) is 0.968. The van der Waals surface area contributed by atoms with E-state index in [1.807, 2.05) is 60.5 Å². The van der Waals surface area contributed by atoms with Crippen LogP contribution < -0.4 is 14.4 Å². The van der Waals surface area contributed by atoms with Gasteiger partial charge < -0.3 is 14.4 Å². The van der Waals surface area contributed by atoms with Gasteiger partial charge in [0, 0.05) is 25.2 Å². The number of thiocarbonyl (C=S) groups is 1. The summed E-state index contributed by atoms with van der Waals surface area (Å²) in [5.74, 6) is 2.23. The first-order chi connectivity index (χ1) is 16.1. The van der Waals surface area contributed by atoms with Crippen molar-refractivity contribution in [3.63, 3.8) is 0 Å². The van der Waals surface area contributed by atoms with E-state index in [1.165, 1.54) is 0 Å². The molecule has 1 aliphatic heterocycles. The summed E-state index contributed by atoms with van der Waals surface area (Å²) in [5, 5.41) is 4.33. The van der Waals surface area contributed by atoms with Crippen LogP contribution in [0, 0.1) is 5.92 Å². The fourth-order valence-electron chi connectivity index (χ4n) is 3.58. The third-order valence-corrected chi connectivity index (χ3v) is 5.93. The third kappa shape index (κ3) is 5.25. The van der Waals surface area contributed by atoms with Gasteiger partial charge in [0.1, 0.15) is 18.7 Å². The van der Waals surface area contributed by atoms with Gasteiger partial charge in [-0.2, -0.15) is 0 Å². The van der Waals surface area contributed by atoms with Crippen LogP contribution in [0.1, 0.15) is 29.0 Å². The number of methoxy groups -OCH3 is 1. The van der Waals surface area contributed by atoms with Crippen LogP contribution in [0.4, 0.5) is 5.82 Å². The molecule has 0 amide bonds. The first-order valence-electron chi connectivity index (χ1n) is 10.6. The molecule has 0 spiro atoms. The van der Waals surface area contributed by atoms with Crippen LogP contribution in [0.2, 0.25) is 0 Å². The van der Waals surface area contributed by atoms with Gasteiger partial charge in [-0.25, -0.2) is 14.6 Å². The van der Waals surface area contributed by atoms with Crippen molar-refractivity contribution in [3.8, 4) is 11.5 Å².